The summed E-state index contributed by atoms with van der Waals surface area (Å²) in [5.74, 6) is 0. The van der Waals surface area contributed by atoms with Crippen molar-refractivity contribution in [2.75, 3.05) is 33.4 Å². The van der Waals surface area contributed by atoms with Gasteiger partial charge in [-0.25, -0.2) is 0 Å². The molecule has 0 aromatic heterocycles. The molecule has 0 amide bonds. The molecule has 1 saturated heterocycles. The Morgan fingerprint density at radius 1 is 1.64 bits per heavy atom. The van der Waals surface area contributed by atoms with E-state index in [4.69, 9.17) is 9.47 Å². The van der Waals surface area contributed by atoms with E-state index < -0.39 is 0 Å². The van der Waals surface area contributed by atoms with Crippen molar-refractivity contribution < 1.29 is 9.47 Å². The van der Waals surface area contributed by atoms with Gasteiger partial charge in [-0.05, 0) is 19.4 Å². The van der Waals surface area contributed by atoms with Gasteiger partial charge in [0, 0.05) is 26.7 Å². The first-order valence-electron chi connectivity index (χ1n) is 5.27. The molecule has 0 radical (unpaired) electrons. The summed E-state index contributed by atoms with van der Waals surface area (Å²) in [4.78, 5) is 0. The summed E-state index contributed by atoms with van der Waals surface area (Å²) in [6, 6.07) is 0. The van der Waals surface area contributed by atoms with Gasteiger partial charge in [-0.15, -0.1) is 6.58 Å². The zero-order chi connectivity index (χ0) is 10.3. The van der Waals surface area contributed by atoms with Crippen molar-refractivity contribution in [3.63, 3.8) is 0 Å². The van der Waals surface area contributed by atoms with Crippen LogP contribution in [-0.2, 0) is 9.47 Å². The van der Waals surface area contributed by atoms with Gasteiger partial charge >= 0.3 is 0 Å². The van der Waals surface area contributed by atoms with Crippen LogP contribution in [-0.4, -0.2) is 39.0 Å². The maximum absolute atomic E-state index is 5.50. The Labute approximate surface area is 86.5 Å². The standard InChI is InChI=1S/C11H21NO2/c1-3-4-5-7-12-9-11(13-2)6-8-14-10-11/h3,12H,1,4-10H2,2H3. The molecular formula is C11H21NO2. The lowest BCUT2D eigenvalue weighted by Crippen LogP contribution is -2.43. The monoisotopic (exact) mass is 199 g/mol. The zero-order valence-electron chi connectivity index (χ0n) is 9.05. The van der Waals surface area contributed by atoms with Crippen molar-refractivity contribution in [3.8, 4) is 0 Å². The first-order chi connectivity index (χ1) is 6.83. The Kier molecular flexibility index (Phi) is 5.15. The first-order valence-corrected chi connectivity index (χ1v) is 5.27. The molecule has 1 unspecified atom stereocenters. The minimum absolute atomic E-state index is 0.0752. The van der Waals surface area contributed by atoms with E-state index in [0.29, 0.717) is 0 Å². The van der Waals surface area contributed by atoms with Gasteiger partial charge in [0.2, 0.25) is 0 Å². The summed E-state index contributed by atoms with van der Waals surface area (Å²) in [6.45, 7) is 7.15. The molecule has 0 aliphatic carbocycles. The van der Waals surface area contributed by atoms with Crippen LogP contribution in [0.4, 0.5) is 0 Å². The minimum atomic E-state index is -0.0752. The predicted molar refractivity (Wildman–Crippen MR) is 57.5 cm³/mol. The Morgan fingerprint density at radius 3 is 3.07 bits per heavy atom. The number of allylic oxidation sites excluding steroid dienone is 1. The molecule has 0 spiro atoms. The zero-order valence-corrected chi connectivity index (χ0v) is 9.05. The van der Waals surface area contributed by atoms with Crippen LogP contribution in [0.5, 0.6) is 0 Å². The van der Waals surface area contributed by atoms with Gasteiger partial charge in [-0.3, -0.25) is 0 Å². The average molecular weight is 199 g/mol. The van der Waals surface area contributed by atoms with Crippen LogP contribution < -0.4 is 5.32 Å². The number of hydrogen-bond acceptors (Lipinski definition) is 3. The highest BCUT2D eigenvalue weighted by Crippen LogP contribution is 2.21. The van der Waals surface area contributed by atoms with Crippen molar-refractivity contribution in [1.29, 1.82) is 0 Å². The van der Waals surface area contributed by atoms with Gasteiger partial charge in [0.25, 0.3) is 0 Å². The van der Waals surface area contributed by atoms with Gasteiger partial charge < -0.3 is 14.8 Å². The molecule has 0 aromatic carbocycles. The van der Waals surface area contributed by atoms with E-state index in [1.165, 1.54) is 0 Å². The topological polar surface area (TPSA) is 30.5 Å². The second-order valence-corrected chi connectivity index (χ2v) is 3.80. The number of ether oxygens (including phenoxy) is 2. The predicted octanol–water partition coefficient (Wildman–Crippen LogP) is 1.35. The Hall–Kier alpha value is -0.380. The molecule has 1 aliphatic rings. The highest BCUT2D eigenvalue weighted by Gasteiger charge is 2.34. The number of unbranched alkanes of at least 4 members (excludes halogenated alkanes) is 1. The first kappa shape index (κ1) is 11.7. The number of nitrogens with one attached hydrogen (secondary N) is 1. The maximum Gasteiger partial charge on any atom is 0.106 e. The molecule has 14 heavy (non-hydrogen) atoms. The molecule has 0 bridgehead atoms. The van der Waals surface area contributed by atoms with Gasteiger partial charge in [-0.2, -0.15) is 0 Å². The molecule has 1 N–H and O–H groups in total. The van der Waals surface area contributed by atoms with Crippen molar-refractivity contribution in [2.45, 2.75) is 24.9 Å². The molecule has 1 aliphatic heterocycles. The van der Waals surface area contributed by atoms with Crippen LogP contribution in [0.1, 0.15) is 19.3 Å². The lowest BCUT2D eigenvalue weighted by Gasteiger charge is -2.25. The number of methoxy groups -OCH3 is 1. The summed E-state index contributed by atoms with van der Waals surface area (Å²) < 4.78 is 10.8. The second kappa shape index (κ2) is 6.17. The molecule has 3 nitrogen and oxygen atoms in total. The van der Waals surface area contributed by atoms with E-state index in [2.05, 4.69) is 11.9 Å². The summed E-state index contributed by atoms with van der Waals surface area (Å²) in [6.07, 6.45) is 5.16. The van der Waals surface area contributed by atoms with E-state index in [1.807, 2.05) is 6.08 Å². The molecule has 1 fully saturated rings. The fourth-order valence-corrected chi connectivity index (χ4v) is 1.65. The lowest BCUT2D eigenvalue weighted by molar-refractivity contribution is -0.0156. The molecule has 3 heteroatoms. The Balaban J connectivity index is 2.11. The van der Waals surface area contributed by atoms with E-state index >= 15 is 0 Å². The minimum Gasteiger partial charge on any atom is -0.378 e. The van der Waals surface area contributed by atoms with Crippen LogP contribution in [0.2, 0.25) is 0 Å². The van der Waals surface area contributed by atoms with Crippen LogP contribution in [0.25, 0.3) is 0 Å². The van der Waals surface area contributed by atoms with Crippen molar-refractivity contribution in [1.82, 2.24) is 5.32 Å². The number of hydrogen-bond donors (Lipinski definition) is 1. The third-order valence-electron chi connectivity index (χ3n) is 2.71. The summed E-state index contributed by atoms with van der Waals surface area (Å²) in [5.41, 5.74) is -0.0752. The normalized spacial score (nSPS) is 26.6. The smallest absolute Gasteiger partial charge is 0.106 e. The van der Waals surface area contributed by atoms with E-state index in [-0.39, 0.29) is 5.60 Å². The van der Waals surface area contributed by atoms with Crippen LogP contribution >= 0.6 is 0 Å². The van der Waals surface area contributed by atoms with Gasteiger partial charge in [-0.1, -0.05) is 6.08 Å². The maximum atomic E-state index is 5.50. The quantitative estimate of drug-likeness (QED) is 0.496. The lowest BCUT2D eigenvalue weighted by atomic mass is 10.0. The van der Waals surface area contributed by atoms with Gasteiger partial charge in [0.1, 0.15) is 5.60 Å². The molecule has 1 heterocycles. The summed E-state index contributed by atoms with van der Waals surface area (Å²) in [5, 5.41) is 3.40. The van der Waals surface area contributed by atoms with Gasteiger partial charge in [0.15, 0.2) is 0 Å². The van der Waals surface area contributed by atoms with Crippen LogP contribution in [0, 0.1) is 0 Å². The summed E-state index contributed by atoms with van der Waals surface area (Å²) in [7, 11) is 1.76. The second-order valence-electron chi connectivity index (χ2n) is 3.80. The van der Waals surface area contributed by atoms with Gasteiger partial charge in [0.05, 0.1) is 6.61 Å². The fourth-order valence-electron chi connectivity index (χ4n) is 1.65. The highest BCUT2D eigenvalue weighted by molar-refractivity contribution is 4.86. The highest BCUT2D eigenvalue weighted by atomic mass is 16.5. The molecule has 0 aromatic rings. The van der Waals surface area contributed by atoms with E-state index in [9.17, 15) is 0 Å². The largest absolute Gasteiger partial charge is 0.378 e. The number of rotatable bonds is 7. The Morgan fingerprint density at radius 2 is 2.50 bits per heavy atom. The fraction of sp³-hybridized carbons (Fsp3) is 0.818. The molecule has 1 atom stereocenters. The van der Waals surface area contributed by atoms with Crippen molar-refractivity contribution >= 4 is 0 Å². The van der Waals surface area contributed by atoms with E-state index in [1.54, 1.807) is 7.11 Å². The van der Waals surface area contributed by atoms with E-state index in [0.717, 1.165) is 45.6 Å². The molecule has 82 valence electrons. The molecular weight excluding hydrogens is 178 g/mol. The van der Waals surface area contributed by atoms with Crippen LogP contribution in [0.3, 0.4) is 0 Å². The third-order valence-corrected chi connectivity index (χ3v) is 2.71. The Bertz CT molecular complexity index is 165. The SMILES string of the molecule is C=CCCCNCC1(OC)CCOC1. The van der Waals surface area contributed by atoms with Crippen molar-refractivity contribution in [3.05, 3.63) is 12.7 Å². The molecule has 1 rings (SSSR count). The summed E-state index contributed by atoms with van der Waals surface area (Å²) >= 11 is 0. The van der Waals surface area contributed by atoms with Crippen molar-refractivity contribution in [2.24, 2.45) is 0 Å². The third kappa shape index (κ3) is 3.40. The van der Waals surface area contributed by atoms with Crippen LogP contribution in [0.15, 0.2) is 12.7 Å². The average Bonchev–Trinajstić information content (AvgIpc) is 2.67. The molecule has 0 saturated carbocycles.